The number of hydrogen-bond donors (Lipinski definition) is 1. The Morgan fingerprint density at radius 3 is 2.60 bits per heavy atom. The van der Waals surface area contributed by atoms with Gasteiger partial charge in [-0.3, -0.25) is 15.1 Å². The van der Waals surface area contributed by atoms with Crippen molar-refractivity contribution in [1.82, 2.24) is 4.98 Å². The fourth-order valence-corrected chi connectivity index (χ4v) is 1.69. The van der Waals surface area contributed by atoms with Gasteiger partial charge in [-0.05, 0) is 37.6 Å². The second-order valence-corrected chi connectivity index (χ2v) is 4.40. The van der Waals surface area contributed by atoms with Crippen LogP contribution in [0.5, 0.6) is 11.5 Å². The highest BCUT2D eigenvalue weighted by atomic mass is 16.6. The fourth-order valence-electron chi connectivity index (χ4n) is 1.69. The van der Waals surface area contributed by atoms with Crippen LogP contribution in [0.15, 0.2) is 36.5 Å². The molecular weight excluding hydrogens is 260 g/mol. The second-order valence-electron chi connectivity index (χ2n) is 4.40. The molecule has 0 aliphatic rings. The maximum Gasteiger partial charge on any atom is 0.269 e. The summed E-state index contributed by atoms with van der Waals surface area (Å²) in [6, 6.07) is 7.75. The first-order valence-corrected chi connectivity index (χ1v) is 6.04. The monoisotopic (exact) mass is 274 g/mol. The largest absolute Gasteiger partial charge is 0.455 e. The first kappa shape index (κ1) is 14.0. The summed E-state index contributed by atoms with van der Waals surface area (Å²) in [6.07, 6.45) is 0.869. The highest BCUT2D eigenvalue weighted by Gasteiger charge is 2.10. The van der Waals surface area contributed by atoms with Crippen molar-refractivity contribution in [3.05, 3.63) is 57.9 Å². The van der Waals surface area contributed by atoms with Crippen molar-refractivity contribution in [2.45, 2.75) is 20.0 Å². The molecule has 6 nitrogen and oxygen atoms in total. The molecule has 0 unspecified atom stereocenters. The molecule has 1 atom stereocenters. The molecule has 0 fully saturated rings. The normalized spacial score (nSPS) is 11.9. The average molecular weight is 274 g/mol. The van der Waals surface area contributed by atoms with Gasteiger partial charge < -0.3 is 9.84 Å². The van der Waals surface area contributed by atoms with Gasteiger partial charge >= 0.3 is 0 Å². The van der Waals surface area contributed by atoms with Gasteiger partial charge in [0.05, 0.1) is 22.9 Å². The number of pyridine rings is 1. The number of aliphatic hydroxyl groups excluding tert-OH is 1. The van der Waals surface area contributed by atoms with Gasteiger partial charge in [0.25, 0.3) is 5.69 Å². The lowest BCUT2D eigenvalue weighted by Gasteiger charge is -2.09. The van der Waals surface area contributed by atoms with Gasteiger partial charge in [0.2, 0.25) is 0 Å². The van der Waals surface area contributed by atoms with Gasteiger partial charge in [-0.25, -0.2) is 0 Å². The minimum absolute atomic E-state index is 0.0254. The molecule has 0 aliphatic carbocycles. The molecule has 0 amide bonds. The number of aliphatic hydroxyl groups is 1. The Morgan fingerprint density at radius 2 is 2.10 bits per heavy atom. The van der Waals surface area contributed by atoms with Crippen LogP contribution in [-0.4, -0.2) is 15.0 Å². The first-order valence-electron chi connectivity index (χ1n) is 6.04. The van der Waals surface area contributed by atoms with Crippen LogP contribution >= 0.6 is 0 Å². The molecule has 2 rings (SSSR count). The number of ether oxygens (including phenoxy) is 1. The zero-order valence-corrected chi connectivity index (χ0v) is 11.1. The molecule has 0 saturated heterocycles. The molecule has 0 bridgehead atoms. The average Bonchev–Trinajstić information content (AvgIpc) is 2.41. The second kappa shape index (κ2) is 5.66. The van der Waals surface area contributed by atoms with Crippen LogP contribution in [0.3, 0.4) is 0 Å². The van der Waals surface area contributed by atoms with Crippen molar-refractivity contribution in [2.75, 3.05) is 0 Å². The van der Waals surface area contributed by atoms with Crippen molar-refractivity contribution < 1.29 is 14.8 Å². The van der Waals surface area contributed by atoms with E-state index in [1.807, 2.05) is 0 Å². The standard InChI is InChI=1S/C14H14N2O4/c1-9-7-11(16(18)19)3-6-14(9)20-12-4-5-13(10(2)17)15-8-12/h3-8,10,17H,1-2H3/t10-/m1/s1. The number of hydrogen-bond acceptors (Lipinski definition) is 5. The highest BCUT2D eigenvalue weighted by Crippen LogP contribution is 2.28. The van der Waals surface area contributed by atoms with E-state index in [1.165, 1.54) is 18.3 Å². The summed E-state index contributed by atoms with van der Waals surface area (Å²) in [5.74, 6) is 1.04. The van der Waals surface area contributed by atoms with Crippen molar-refractivity contribution in [1.29, 1.82) is 0 Å². The Labute approximate surface area is 115 Å². The number of nitrogens with zero attached hydrogens (tertiary/aromatic N) is 2. The van der Waals surface area contributed by atoms with Crippen molar-refractivity contribution in [2.24, 2.45) is 0 Å². The lowest BCUT2D eigenvalue weighted by molar-refractivity contribution is -0.384. The molecule has 2 aromatic rings. The SMILES string of the molecule is Cc1cc([N+](=O)[O-])ccc1Oc1ccc([C@@H](C)O)nc1. The Bertz CT molecular complexity index is 624. The first-order chi connectivity index (χ1) is 9.47. The van der Waals surface area contributed by atoms with Crippen LogP contribution in [0.25, 0.3) is 0 Å². The summed E-state index contributed by atoms with van der Waals surface area (Å²) in [4.78, 5) is 14.3. The third kappa shape index (κ3) is 3.10. The fraction of sp³-hybridized carbons (Fsp3) is 0.214. The topological polar surface area (TPSA) is 85.5 Å². The molecule has 20 heavy (non-hydrogen) atoms. The zero-order valence-electron chi connectivity index (χ0n) is 11.1. The summed E-state index contributed by atoms with van der Waals surface area (Å²) in [6.45, 7) is 3.36. The lowest BCUT2D eigenvalue weighted by atomic mass is 10.2. The van der Waals surface area contributed by atoms with Crippen LogP contribution in [0.2, 0.25) is 0 Å². The number of non-ortho nitro benzene ring substituents is 1. The number of nitro groups is 1. The summed E-state index contributed by atoms with van der Waals surface area (Å²) < 4.78 is 5.61. The van der Waals surface area contributed by atoms with E-state index in [4.69, 9.17) is 4.74 Å². The molecule has 104 valence electrons. The van der Waals surface area contributed by atoms with Gasteiger partial charge in [0.15, 0.2) is 0 Å². The number of rotatable bonds is 4. The van der Waals surface area contributed by atoms with Crippen LogP contribution in [-0.2, 0) is 0 Å². The van der Waals surface area contributed by atoms with E-state index in [2.05, 4.69) is 4.98 Å². The third-order valence-corrected chi connectivity index (χ3v) is 2.78. The van der Waals surface area contributed by atoms with Crippen LogP contribution in [0.4, 0.5) is 5.69 Å². The van der Waals surface area contributed by atoms with Crippen LogP contribution in [0, 0.1) is 17.0 Å². The van der Waals surface area contributed by atoms with Gasteiger partial charge in [-0.15, -0.1) is 0 Å². The summed E-state index contributed by atoms with van der Waals surface area (Å²) in [5.41, 5.74) is 1.24. The minimum atomic E-state index is -0.634. The quantitative estimate of drug-likeness (QED) is 0.683. The minimum Gasteiger partial charge on any atom is -0.455 e. The summed E-state index contributed by atoms with van der Waals surface area (Å²) in [5, 5.41) is 20.0. The van der Waals surface area contributed by atoms with E-state index in [9.17, 15) is 15.2 Å². The predicted molar refractivity (Wildman–Crippen MR) is 72.8 cm³/mol. The van der Waals surface area contributed by atoms with E-state index < -0.39 is 11.0 Å². The number of benzene rings is 1. The Morgan fingerprint density at radius 1 is 1.35 bits per heavy atom. The maximum absolute atomic E-state index is 10.7. The van der Waals surface area contributed by atoms with Gasteiger partial charge in [-0.1, -0.05) is 0 Å². The Hall–Kier alpha value is -2.47. The van der Waals surface area contributed by atoms with E-state index in [0.717, 1.165) is 0 Å². The predicted octanol–water partition coefficient (Wildman–Crippen LogP) is 3.14. The molecule has 1 aromatic heterocycles. The molecule has 0 radical (unpaired) electrons. The van der Waals surface area contributed by atoms with Crippen molar-refractivity contribution >= 4 is 5.69 Å². The summed E-state index contributed by atoms with van der Waals surface area (Å²) >= 11 is 0. The van der Waals surface area contributed by atoms with Crippen LogP contribution < -0.4 is 4.74 Å². The van der Waals surface area contributed by atoms with Crippen molar-refractivity contribution in [3.63, 3.8) is 0 Å². The molecule has 6 heteroatoms. The molecule has 0 aliphatic heterocycles. The molecule has 1 N–H and O–H groups in total. The smallest absolute Gasteiger partial charge is 0.269 e. The number of nitro benzene ring substituents is 1. The van der Waals surface area contributed by atoms with Gasteiger partial charge in [0.1, 0.15) is 11.5 Å². The number of aryl methyl sites for hydroxylation is 1. The molecule has 0 spiro atoms. The molecule has 1 heterocycles. The molecule has 1 aromatic carbocycles. The van der Waals surface area contributed by atoms with Crippen LogP contribution in [0.1, 0.15) is 24.3 Å². The van der Waals surface area contributed by atoms with E-state index in [0.29, 0.717) is 22.8 Å². The van der Waals surface area contributed by atoms with E-state index in [1.54, 1.807) is 32.0 Å². The summed E-state index contributed by atoms with van der Waals surface area (Å²) in [7, 11) is 0. The molecule has 0 saturated carbocycles. The Balaban J connectivity index is 2.19. The molecular formula is C14H14N2O4. The third-order valence-electron chi connectivity index (χ3n) is 2.78. The van der Waals surface area contributed by atoms with E-state index >= 15 is 0 Å². The van der Waals surface area contributed by atoms with Crippen molar-refractivity contribution in [3.8, 4) is 11.5 Å². The highest BCUT2D eigenvalue weighted by molar-refractivity contribution is 5.44. The van der Waals surface area contributed by atoms with Gasteiger partial charge in [0, 0.05) is 12.1 Å². The van der Waals surface area contributed by atoms with E-state index in [-0.39, 0.29) is 5.69 Å². The number of aromatic nitrogens is 1. The lowest BCUT2D eigenvalue weighted by Crippen LogP contribution is -1.96. The Kier molecular flexibility index (Phi) is 3.95. The zero-order chi connectivity index (χ0) is 14.7. The maximum atomic E-state index is 10.7. The van der Waals surface area contributed by atoms with Gasteiger partial charge in [-0.2, -0.15) is 0 Å².